The Hall–Kier alpha value is -3.43. The molecule has 2 saturated carbocycles. The number of aliphatic carboxylic acids is 1. The predicted molar refractivity (Wildman–Crippen MR) is 126 cm³/mol. The maximum atomic E-state index is 13.3. The molecule has 15 heteroatoms. The third kappa shape index (κ3) is 4.76. The number of carboxylic acids is 1. The molecule has 0 radical (unpaired) electrons. The van der Waals surface area contributed by atoms with Gasteiger partial charge in [-0.2, -0.15) is 17.9 Å². The standard InChI is InChI=1S/C23H20F3N3O7S2/c24-23(25,26)17-10-15(28-36-17)16-8-9-18(37-16)38(33,34)29-22(19(30)31)11-21(22,13-4-2-1-3-5-13)12-35-20(32)27-14-6-7-14/h1-5,8-10,14,29H,6-7,11-12H2,(H,27,32)(H,30,31)/t21-,22+/m1/s1. The van der Waals surface area contributed by atoms with Crippen molar-refractivity contribution in [2.24, 2.45) is 0 Å². The summed E-state index contributed by atoms with van der Waals surface area (Å²) in [6, 6.07) is 11.3. The first kappa shape index (κ1) is 26.2. The summed E-state index contributed by atoms with van der Waals surface area (Å²) < 4.78 is 76.7. The molecule has 1 amide bonds. The second-order valence-electron chi connectivity index (χ2n) is 9.13. The lowest BCUT2D eigenvalue weighted by molar-refractivity contribution is -0.155. The fraction of sp³-hybridized carbons (Fsp3) is 0.348. The third-order valence-electron chi connectivity index (χ3n) is 6.50. The van der Waals surface area contributed by atoms with Gasteiger partial charge in [-0.15, -0.1) is 11.3 Å². The van der Waals surface area contributed by atoms with Gasteiger partial charge in [0.2, 0.25) is 5.76 Å². The van der Waals surface area contributed by atoms with E-state index >= 15 is 0 Å². The first-order valence-corrected chi connectivity index (χ1v) is 13.6. The Morgan fingerprint density at radius 2 is 1.89 bits per heavy atom. The summed E-state index contributed by atoms with van der Waals surface area (Å²) in [5.74, 6) is -2.82. The Kier molecular flexibility index (Phi) is 6.27. The summed E-state index contributed by atoms with van der Waals surface area (Å²) in [4.78, 5) is 24.8. The minimum Gasteiger partial charge on any atom is -0.480 e. The molecule has 5 rings (SSSR count). The monoisotopic (exact) mass is 571 g/mol. The second kappa shape index (κ2) is 9.10. The zero-order valence-corrected chi connectivity index (χ0v) is 21.0. The van der Waals surface area contributed by atoms with E-state index in [-0.39, 0.29) is 27.2 Å². The van der Waals surface area contributed by atoms with E-state index in [2.05, 4.69) is 19.7 Å². The van der Waals surface area contributed by atoms with E-state index in [0.717, 1.165) is 18.9 Å². The molecule has 38 heavy (non-hydrogen) atoms. The number of aromatic nitrogens is 1. The zero-order chi connectivity index (χ0) is 27.3. The van der Waals surface area contributed by atoms with Crippen molar-refractivity contribution in [3.8, 4) is 10.6 Å². The van der Waals surface area contributed by atoms with Crippen LogP contribution in [0.2, 0.25) is 0 Å². The number of carbonyl (C=O) groups excluding carboxylic acids is 1. The summed E-state index contributed by atoms with van der Waals surface area (Å²) in [6.45, 7) is -0.404. The van der Waals surface area contributed by atoms with Crippen LogP contribution in [0.1, 0.15) is 30.6 Å². The first-order chi connectivity index (χ1) is 17.9. The number of benzene rings is 1. The van der Waals surface area contributed by atoms with Crippen LogP contribution in [0.4, 0.5) is 18.0 Å². The predicted octanol–water partition coefficient (Wildman–Crippen LogP) is 3.75. The number of thiophene rings is 1. The molecule has 2 aliphatic rings. The number of nitrogens with zero attached hydrogens (tertiary/aromatic N) is 1. The number of nitrogens with one attached hydrogen (secondary N) is 2. The Morgan fingerprint density at radius 1 is 1.18 bits per heavy atom. The summed E-state index contributed by atoms with van der Waals surface area (Å²) in [5, 5.41) is 16.2. The van der Waals surface area contributed by atoms with Crippen molar-refractivity contribution in [2.45, 2.75) is 46.6 Å². The van der Waals surface area contributed by atoms with Crippen molar-refractivity contribution in [1.82, 2.24) is 15.2 Å². The van der Waals surface area contributed by atoms with E-state index in [4.69, 9.17) is 4.74 Å². The molecule has 3 N–H and O–H groups in total. The molecule has 3 aromatic rings. The zero-order valence-electron chi connectivity index (χ0n) is 19.3. The fourth-order valence-electron chi connectivity index (χ4n) is 4.26. The quantitative estimate of drug-likeness (QED) is 0.352. The first-order valence-electron chi connectivity index (χ1n) is 11.3. The number of hydrogen-bond donors (Lipinski definition) is 3. The number of rotatable bonds is 9. The van der Waals surface area contributed by atoms with Crippen molar-refractivity contribution in [3.05, 3.63) is 59.9 Å². The van der Waals surface area contributed by atoms with E-state index in [1.165, 1.54) is 6.07 Å². The van der Waals surface area contributed by atoms with Gasteiger partial charge in [0, 0.05) is 12.1 Å². The average Bonchev–Trinajstić information content (AvgIpc) is 3.60. The molecule has 2 atom stereocenters. The lowest BCUT2D eigenvalue weighted by Crippen LogP contribution is -2.50. The largest absolute Gasteiger partial charge is 0.480 e. The highest BCUT2D eigenvalue weighted by atomic mass is 32.2. The maximum Gasteiger partial charge on any atom is 0.452 e. The summed E-state index contributed by atoms with van der Waals surface area (Å²) in [6.07, 6.45) is -4.08. The van der Waals surface area contributed by atoms with E-state index in [1.807, 2.05) is 0 Å². The molecule has 0 unspecified atom stereocenters. The van der Waals surface area contributed by atoms with Crippen molar-refractivity contribution in [3.63, 3.8) is 0 Å². The minimum absolute atomic E-state index is 0.00191. The highest BCUT2D eigenvalue weighted by Crippen LogP contribution is 2.59. The Morgan fingerprint density at radius 3 is 2.50 bits per heavy atom. The van der Waals surface area contributed by atoms with E-state index in [0.29, 0.717) is 23.0 Å². The molecule has 0 spiro atoms. The van der Waals surface area contributed by atoms with E-state index in [9.17, 15) is 36.3 Å². The average molecular weight is 572 g/mol. The Labute approximate surface area is 217 Å². The van der Waals surface area contributed by atoms with Crippen LogP contribution in [0.5, 0.6) is 0 Å². The van der Waals surface area contributed by atoms with Crippen LogP contribution in [-0.2, 0) is 31.1 Å². The number of carbonyl (C=O) groups is 2. The van der Waals surface area contributed by atoms with Crippen molar-refractivity contribution in [2.75, 3.05) is 6.61 Å². The highest BCUT2D eigenvalue weighted by Gasteiger charge is 2.75. The minimum atomic E-state index is -4.77. The van der Waals surface area contributed by atoms with Gasteiger partial charge in [0.15, 0.2) is 0 Å². The van der Waals surface area contributed by atoms with Gasteiger partial charge in [0.1, 0.15) is 22.0 Å². The maximum absolute atomic E-state index is 13.3. The third-order valence-corrected chi connectivity index (χ3v) is 9.59. The van der Waals surface area contributed by atoms with Gasteiger partial charge >= 0.3 is 18.2 Å². The number of ether oxygens (including phenoxy) is 1. The molecule has 2 heterocycles. The molecule has 202 valence electrons. The molecule has 0 saturated heterocycles. The molecule has 10 nitrogen and oxygen atoms in total. The van der Waals surface area contributed by atoms with Crippen LogP contribution < -0.4 is 10.0 Å². The van der Waals surface area contributed by atoms with Crippen LogP contribution in [0.15, 0.2) is 57.3 Å². The van der Waals surface area contributed by atoms with Crippen LogP contribution in [0.3, 0.4) is 0 Å². The molecule has 1 aromatic carbocycles. The Bertz CT molecular complexity index is 1480. The molecule has 2 fully saturated rings. The second-order valence-corrected chi connectivity index (χ2v) is 12.1. The number of amides is 1. The van der Waals surface area contributed by atoms with Gasteiger partial charge in [0.05, 0.1) is 10.3 Å². The van der Waals surface area contributed by atoms with E-state index < -0.39 is 51.6 Å². The lowest BCUT2D eigenvalue weighted by Gasteiger charge is -2.24. The van der Waals surface area contributed by atoms with Crippen molar-refractivity contribution in [1.29, 1.82) is 0 Å². The van der Waals surface area contributed by atoms with Gasteiger partial charge in [-0.1, -0.05) is 35.5 Å². The van der Waals surface area contributed by atoms with Crippen LogP contribution in [0, 0.1) is 0 Å². The van der Waals surface area contributed by atoms with Gasteiger partial charge in [-0.25, -0.2) is 13.2 Å². The highest BCUT2D eigenvalue weighted by molar-refractivity contribution is 7.91. The number of sulfonamides is 1. The molecule has 2 aromatic heterocycles. The molecular weight excluding hydrogens is 551 g/mol. The fourth-order valence-corrected chi connectivity index (χ4v) is 6.95. The van der Waals surface area contributed by atoms with Gasteiger partial charge in [0.25, 0.3) is 10.0 Å². The number of carboxylic acid groups (broad SMARTS) is 1. The number of hydrogen-bond acceptors (Lipinski definition) is 8. The normalized spacial score (nSPS) is 23.1. The molecule has 0 aliphatic heterocycles. The van der Waals surface area contributed by atoms with Gasteiger partial charge in [-0.3, -0.25) is 4.79 Å². The summed E-state index contributed by atoms with van der Waals surface area (Å²) in [5.41, 5.74) is -3.22. The van der Waals surface area contributed by atoms with Gasteiger partial charge < -0.3 is 19.7 Å². The number of halogens is 3. The topological polar surface area (TPSA) is 148 Å². The SMILES string of the molecule is O=C(NC1CC1)OC[C@@]1(c2ccccc2)C[C@]1(NS(=O)(=O)c1ccc(-c2cc(C(F)(F)F)on2)s1)C(=O)O. The van der Waals surface area contributed by atoms with Crippen LogP contribution in [-0.4, -0.2) is 48.9 Å². The van der Waals surface area contributed by atoms with Gasteiger partial charge in [-0.05, 0) is 37.0 Å². The van der Waals surface area contributed by atoms with Crippen LogP contribution >= 0.6 is 11.3 Å². The summed E-state index contributed by atoms with van der Waals surface area (Å²) in [7, 11) is -4.48. The lowest BCUT2D eigenvalue weighted by atomic mass is 9.91. The number of alkyl carbamates (subject to hydrolysis) is 1. The van der Waals surface area contributed by atoms with Crippen molar-refractivity contribution >= 4 is 33.4 Å². The molecule has 2 aliphatic carbocycles. The van der Waals surface area contributed by atoms with Crippen molar-refractivity contribution < 1.29 is 45.5 Å². The van der Waals surface area contributed by atoms with Crippen LogP contribution in [0.25, 0.3) is 10.6 Å². The summed E-state index contributed by atoms with van der Waals surface area (Å²) >= 11 is 0.596. The smallest absolute Gasteiger partial charge is 0.452 e. The molecule has 0 bridgehead atoms. The Balaban J connectivity index is 1.42. The number of alkyl halides is 3. The van der Waals surface area contributed by atoms with E-state index in [1.54, 1.807) is 30.3 Å². The molecular formula is C23H20F3N3O7S2.